The third kappa shape index (κ3) is 6.08. The van der Waals surface area contributed by atoms with Crippen LogP contribution in [-0.4, -0.2) is 37.6 Å². The zero-order valence-corrected chi connectivity index (χ0v) is 16.3. The van der Waals surface area contributed by atoms with Gasteiger partial charge in [0.1, 0.15) is 18.1 Å². The van der Waals surface area contributed by atoms with Gasteiger partial charge in [-0.15, -0.1) is 0 Å². The Kier molecular flexibility index (Phi) is 6.97. The highest BCUT2D eigenvalue weighted by Crippen LogP contribution is 2.29. The Morgan fingerprint density at radius 3 is 2.83 bits per heavy atom. The molecule has 0 radical (unpaired) electrons. The molecule has 29 heavy (non-hydrogen) atoms. The van der Waals surface area contributed by atoms with E-state index in [9.17, 15) is 18.0 Å². The van der Waals surface area contributed by atoms with Gasteiger partial charge in [0.15, 0.2) is 0 Å². The average Bonchev–Trinajstić information content (AvgIpc) is 3.13. The number of ether oxygens (including phenoxy) is 1. The Morgan fingerprint density at radius 2 is 2.07 bits per heavy atom. The van der Waals surface area contributed by atoms with Crippen molar-refractivity contribution in [2.75, 3.05) is 26.7 Å². The lowest BCUT2D eigenvalue weighted by Gasteiger charge is -2.32. The number of alkyl halides is 3. The minimum atomic E-state index is -4.46. The molecule has 0 unspecified atom stereocenters. The molecule has 0 saturated carbocycles. The molecule has 0 aliphatic carbocycles. The summed E-state index contributed by atoms with van der Waals surface area (Å²) in [5.74, 6) is 1.41. The number of rotatable bonds is 7. The predicted molar refractivity (Wildman–Crippen MR) is 101 cm³/mol. The maximum absolute atomic E-state index is 12.8. The zero-order chi connectivity index (χ0) is 20.9. The summed E-state index contributed by atoms with van der Waals surface area (Å²) in [6.07, 6.45) is -2.50. The number of carbonyl (C=O) groups excluding carboxylic acids is 1. The molecule has 3 rings (SSSR count). The number of hydrogen-bond acceptors (Lipinski definition) is 4. The number of piperidine rings is 1. The van der Waals surface area contributed by atoms with Crippen LogP contribution in [-0.2, 0) is 24.1 Å². The molecule has 1 saturated heterocycles. The summed E-state index contributed by atoms with van der Waals surface area (Å²) >= 11 is 0. The normalized spacial score (nSPS) is 18.0. The molecule has 1 aliphatic heterocycles. The second kappa shape index (κ2) is 9.45. The monoisotopic (exact) mass is 410 g/mol. The highest BCUT2D eigenvalue weighted by Gasteiger charge is 2.31. The quantitative estimate of drug-likeness (QED) is 0.747. The van der Waals surface area contributed by atoms with Gasteiger partial charge in [-0.2, -0.15) is 13.2 Å². The van der Waals surface area contributed by atoms with E-state index in [1.54, 1.807) is 7.11 Å². The van der Waals surface area contributed by atoms with Crippen molar-refractivity contribution in [1.29, 1.82) is 0 Å². The Bertz CT molecular complexity index is 819. The van der Waals surface area contributed by atoms with Crippen LogP contribution in [0.3, 0.4) is 0 Å². The first-order valence-corrected chi connectivity index (χ1v) is 9.59. The molecule has 158 valence electrons. The summed E-state index contributed by atoms with van der Waals surface area (Å²) in [6.45, 7) is 3.28. The van der Waals surface area contributed by atoms with Crippen LogP contribution in [0.5, 0.6) is 0 Å². The minimum absolute atomic E-state index is 0.0220. The molecule has 0 bridgehead atoms. The van der Waals surface area contributed by atoms with Crippen molar-refractivity contribution in [3.63, 3.8) is 0 Å². The highest BCUT2D eigenvalue weighted by molar-refractivity contribution is 5.94. The van der Waals surface area contributed by atoms with Crippen molar-refractivity contribution in [2.24, 2.45) is 5.92 Å². The number of methoxy groups -OCH3 is 1. The second-order valence-electron chi connectivity index (χ2n) is 7.33. The van der Waals surface area contributed by atoms with E-state index < -0.39 is 17.6 Å². The second-order valence-corrected chi connectivity index (χ2v) is 7.33. The van der Waals surface area contributed by atoms with Crippen LogP contribution in [0.1, 0.15) is 40.3 Å². The molecule has 2 aromatic rings. The summed E-state index contributed by atoms with van der Waals surface area (Å²) in [5, 5.41) is 2.78. The Labute approximate surface area is 167 Å². The largest absolute Gasteiger partial charge is 0.462 e. The minimum Gasteiger partial charge on any atom is -0.462 e. The van der Waals surface area contributed by atoms with Crippen molar-refractivity contribution in [1.82, 2.24) is 10.2 Å². The molecular formula is C21H25F3N2O3. The molecule has 5 nitrogen and oxygen atoms in total. The molecule has 1 fully saturated rings. The lowest BCUT2D eigenvalue weighted by Crippen LogP contribution is -2.40. The van der Waals surface area contributed by atoms with Gasteiger partial charge in [-0.3, -0.25) is 9.69 Å². The zero-order valence-electron chi connectivity index (χ0n) is 16.3. The number of amides is 1. The van der Waals surface area contributed by atoms with Gasteiger partial charge in [-0.1, -0.05) is 6.07 Å². The van der Waals surface area contributed by atoms with Crippen molar-refractivity contribution in [3.05, 3.63) is 59.0 Å². The molecular weight excluding hydrogens is 385 g/mol. The molecule has 1 aromatic heterocycles. The number of carbonyl (C=O) groups is 1. The summed E-state index contributed by atoms with van der Waals surface area (Å²) in [5.41, 5.74) is -0.797. The fourth-order valence-electron chi connectivity index (χ4n) is 3.58. The molecule has 1 amide bonds. The topological polar surface area (TPSA) is 54.7 Å². The molecule has 1 atom stereocenters. The fourth-order valence-corrected chi connectivity index (χ4v) is 3.58. The van der Waals surface area contributed by atoms with Crippen molar-refractivity contribution >= 4 is 5.91 Å². The standard InChI is InChI=1S/C21H25F3N2O3/c1-28-14-19-8-7-18(29-19)13-26-9-3-4-15(12-26)11-25-20(27)16-5-2-6-17(10-16)21(22,23)24/h2,5-8,10,15H,3-4,9,11-14H2,1H3,(H,25,27)/t15-/m1/s1. The molecule has 8 heteroatoms. The van der Waals surface area contributed by atoms with E-state index >= 15 is 0 Å². The lowest BCUT2D eigenvalue weighted by atomic mass is 9.97. The van der Waals surface area contributed by atoms with Gasteiger partial charge in [-0.25, -0.2) is 0 Å². The van der Waals surface area contributed by atoms with Crippen LogP contribution in [0.4, 0.5) is 13.2 Å². The van der Waals surface area contributed by atoms with E-state index in [0.29, 0.717) is 19.7 Å². The van der Waals surface area contributed by atoms with Gasteiger partial charge >= 0.3 is 6.18 Å². The van der Waals surface area contributed by atoms with Crippen molar-refractivity contribution in [3.8, 4) is 0 Å². The first-order chi connectivity index (χ1) is 13.8. The van der Waals surface area contributed by atoms with Gasteiger partial charge in [0.2, 0.25) is 0 Å². The Hall–Kier alpha value is -2.32. The van der Waals surface area contributed by atoms with Crippen LogP contribution in [0.15, 0.2) is 40.8 Å². The van der Waals surface area contributed by atoms with Gasteiger partial charge < -0.3 is 14.5 Å². The van der Waals surface area contributed by atoms with Crippen molar-refractivity contribution in [2.45, 2.75) is 32.2 Å². The SMILES string of the molecule is COCc1ccc(CN2CCC[C@H](CNC(=O)c3cccc(C(F)(F)F)c3)C2)o1. The van der Waals surface area contributed by atoms with E-state index in [0.717, 1.165) is 49.6 Å². The molecule has 0 spiro atoms. The summed E-state index contributed by atoms with van der Waals surface area (Å²) in [6, 6.07) is 8.33. The number of nitrogens with zero attached hydrogens (tertiary/aromatic N) is 1. The van der Waals surface area contributed by atoms with Gasteiger partial charge in [0.25, 0.3) is 5.91 Å². The average molecular weight is 410 g/mol. The van der Waals surface area contributed by atoms with E-state index in [4.69, 9.17) is 9.15 Å². The van der Waals surface area contributed by atoms with E-state index in [-0.39, 0.29) is 11.5 Å². The molecule has 1 aromatic carbocycles. The van der Waals surface area contributed by atoms with Gasteiger partial charge in [-0.05, 0) is 55.6 Å². The number of benzene rings is 1. The van der Waals surface area contributed by atoms with E-state index in [2.05, 4.69) is 10.2 Å². The number of hydrogen-bond donors (Lipinski definition) is 1. The maximum atomic E-state index is 12.8. The first-order valence-electron chi connectivity index (χ1n) is 9.59. The predicted octanol–water partition coefficient (Wildman–Crippen LogP) is 4.09. The summed E-state index contributed by atoms with van der Waals surface area (Å²) in [4.78, 5) is 14.5. The van der Waals surface area contributed by atoms with Gasteiger partial charge in [0.05, 0.1) is 12.1 Å². The third-order valence-electron chi connectivity index (χ3n) is 4.99. The molecule has 2 heterocycles. The van der Waals surface area contributed by atoms with Crippen LogP contribution >= 0.6 is 0 Å². The van der Waals surface area contributed by atoms with Crippen LogP contribution in [0.25, 0.3) is 0 Å². The van der Waals surface area contributed by atoms with Gasteiger partial charge in [0, 0.05) is 25.8 Å². The number of likely N-dealkylation sites (tertiary alicyclic amines) is 1. The number of furan rings is 1. The Balaban J connectivity index is 1.50. The third-order valence-corrected chi connectivity index (χ3v) is 4.99. The summed E-state index contributed by atoms with van der Waals surface area (Å²) < 4.78 is 49.3. The smallest absolute Gasteiger partial charge is 0.416 e. The lowest BCUT2D eigenvalue weighted by molar-refractivity contribution is -0.137. The molecule has 1 N–H and O–H groups in total. The molecule has 1 aliphatic rings. The highest BCUT2D eigenvalue weighted by atomic mass is 19.4. The van der Waals surface area contributed by atoms with Crippen LogP contribution in [0.2, 0.25) is 0 Å². The Morgan fingerprint density at radius 1 is 1.28 bits per heavy atom. The van der Waals surface area contributed by atoms with E-state index in [1.807, 2.05) is 12.1 Å². The maximum Gasteiger partial charge on any atom is 0.416 e. The number of nitrogens with one attached hydrogen (secondary N) is 1. The van der Waals surface area contributed by atoms with E-state index in [1.165, 1.54) is 12.1 Å². The fraction of sp³-hybridized carbons (Fsp3) is 0.476. The first kappa shape index (κ1) is 21.4. The van der Waals surface area contributed by atoms with Crippen LogP contribution in [0, 0.1) is 5.92 Å². The van der Waals surface area contributed by atoms with Crippen LogP contribution < -0.4 is 5.32 Å². The summed E-state index contributed by atoms with van der Waals surface area (Å²) in [7, 11) is 1.62. The van der Waals surface area contributed by atoms with Crippen molar-refractivity contribution < 1.29 is 27.1 Å². The number of halogens is 3.